The van der Waals surface area contributed by atoms with E-state index >= 15 is 0 Å². The van der Waals surface area contributed by atoms with Crippen LogP contribution in [0.5, 0.6) is 5.75 Å². The molecule has 1 aromatic carbocycles. The molecule has 0 aliphatic heterocycles. The molecule has 5 nitrogen and oxygen atoms in total. The van der Waals surface area contributed by atoms with Crippen molar-refractivity contribution in [2.45, 2.75) is 19.1 Å². The zero-order chi connectivity index (χ0) is 15.3. The molecular formula is C12H12ClF2NO4. The van der Waals surface area contributed by atoms with E-state index in [0.717, 1.165) is 12.1 Å². The molecule has 1 amide bonds. The Hall–Kier alpha value is -1.89. The highest BCUT2D eigenvalue weighted by molar-refractivity contribution is 6.32. The van der Waals surface area contributed by atoms with Gasteiger partial charge in [-0.05, 0) is 25.1 Å². The van der Waals surface area contributed by atoms with Gasteiger partial charge in [0.2, 0.25) is 0 Å². The Labute approximate surface area is 118 Å². The molecule has 0 aliphatic carbocycles. The summed E-state index contributed by atoms with van der Waals surface area (Å²) >= 11 is 5.71. The molecule has 0 spiro atoms. The number of halogens is 3. The van der Waals surface area contributed by atoms with Crippen molar-refractivity contribution in [3.8, 4) is 5.75 Å². The van der Waals surface area contributed by atoms with Crippen LogP contribution in [0.25, 0.3) is 0 Å². The number of amides is 1. The number of rotatable bonds is 6. The van der Waals surface area contributed by atoms with E-state index in [1.807, 2.05) is 5.32 Å². The number of carbonyl (C=O) groups is 2. The van der Waals surface area contributed by atoms with Gasteiger partial charge in [-0.2, -0.15) is 0 Å². The fourth-order valence-electron chi connectivity index (χ4n) is 1.27. The number of hydrogen-bond donors (Lipinski definition) is 2. The molecule has 2 N–H and O–H groups in total. The van der Waals surface area contributed by atoms with E-state index in [-0.39, 0.29) is 10.8 Å². The van der Waals surface area contributed by atoms with Crippen LogP contribution >= 0.6 is 11.6 Å². The number of benzene rings is 1. The molecule has 8 heteroatoms. The average molecular weight is 308 g/mol. The van der Waals surface area contributed by atoms with E-state index < -0.39 is 36.5 Å². The smallest absolute Gasteiger partial charge is 0.328 e. The first-order valence-electron chi connectivity index (χ1n) is 5.56. The van der Waals surface area contributed by atoms with Crippen molar-refractivity contribution in [2.24, 2.45) is 0 Å². The molecule has 0 saturated heterocycles. The summed E-state index contributed by atoms with van der Waals surface area (Å²) in [5.41, 5.74) is 0. The van der Waals surface area contributed by atoms with Gasteiger partial charge in [0.25, 0.3) is 5.91 Å². The highest BCUT2D eigenvalue weighted by Gasteiger charge is 2.24. The van der Waals surface area contributed by atoms with E-state index in [9.17, 15) is 18.4 Å². The van der Waals surface area contributed by atoms with Crippen molar-refractivity contribution >= 4 is 23.5 Å². The van der Waals surface area contributed by atoms with Gasteiger partial charge in [-0.25, -0.2) is 13.6 Å². The number of aliphatic carboxylic acids is 1. The maximum Gasteiger partial charge on any atom is 0.328 e. The third-order valence-electron chi connectivity index (χ3n) is 2.34. The minimum Gasteiger partial charge on any atom is -0.480 e. The summed E-state index contributed by atoms with van der Waals surface area (Å²) in [5.74, 6) is -2.83. The first-order valence-corrected chi connectivity index (χ1v) is 5.93. The molecule has 2 unspecified atom stereocenters. The van der Waals surface area contributed by atoms with Gasteiger partial charge in [-0.1, -0.05) is 11.6 Å². The SMILES string of the molecule is CC(Oc1ccc(F)cc1Cl)C(=O)NC(CF)C(=O)O. The lowest BCUT2D eigenvalue weighted by Gasteiger charge is -2.17. The lowest BCUT2D eigenvalue weighted by molar-refractivity contribution is -0.143. The molecular weight excluding hydrogens is 296 g/mol. The molecule has 1 aromatic rings. The Bertz CT molecular complexity index is 512. The van der Waals surface area contributed by atoms with Crippen LogP contribution in [0.4, 0.5) is 8.78 Å². The normalized spacial score (nSPS) is 13.4. The minimum atomic E-state index is -1.64. The van der Waals surface area contributed by atoms with Crippen molar-refractivity contribution in [3.63, 3.8) is 0 Å². The molecule has 20 heavy (non-hydrogen) atoms. The first kappa shape index (κ1) is 16.2. The van der Waals surface area contributed by atoms with Crippen molar-refractivity contribution in [3.05, 3.63) is 29.0 Å². The van der Waals surface area contributed by atoms with Gasteiger partial charge in [0.1, 0.15) is 18.2 Å². The van der Waals surface area contributed by atoms with E-state index in [2.05, 4.69) is 0 Å². The van der Waals surface area contributed by atoms with Gasteiger partial charge in [-0.3, -0.25) is 4.79 Å². The Morgan fingerprint density at radius 3 is 2.65 bits per heavy atom. The molecule has 0 radical (unpaired) electrons. The molecule has 2 atom stereocenters. The number of ether oxygens (including phenoxy) is 1. The third-order valence-corrected chi connectivity index (χ3v) is 2.63. The summed E-state index contributed by atoms with van der Waals surface area (Å²) < 4.78 is 30.4. The van der Waals surface area contributed by atoms with E-state index in [1.54, 1.807) is 0 Å². The number of carbonyl (C=O) groups excluding carboxylic acids is 1. The monoisotopic (exact) mass is 307 g/mol. The fourth-order valence-corrected chi connectivity index (χ4v) is 1.48. The van der Waals surface area contributed by atoms with Crippen molar-refractivity contribution < 1.29 is 28.2 Å². The van der Waals surface area contributed by atoms with Crippen LogP contribution in [0.1, 0.15) is 6.92 Å². The number of carboxylic acid groups (broad SMARTS) is 1. The first-order chi connectivity index (χ1) is 9.35. The summed E-state index contributed by atoms with van der Waals surface area (Å²) in [4.78, 5) is 22.2. The van der Waals surface area contributed by atoms with Crippen molar-refractivity contribution in [2.75, 3.05) is 6.67 Å². The molecule has 0 bridgehead atoms. The van der Waals surface area contributed by atoms with Crippen molar-refractivity contribution in [1.82, 2.24) is 5.32 Å². The molecule has 0 aliphatic rings. The van der Waals surface area contributed by atoms with Crippen LogP contribution in [0.15, 0.2) is 18.2 Å². The number of hydrogen-bond acceptors (Lipinski definition) is 3. The van der Waals surface area contributed by atoms with Gasteiger partial charge >= 0.3 is 5.97 Å². The van der Waals surface area contributed by atoms with Gasteiger partial charge in [0, 0.05) is 0 Å². The van der Waals surface area contributed by atoms with Crippen LogP contribution in [0.2, 0.25) is 5.02 Å². The van der Waals surface area contributed by atoms with E-state index in [0.29, 0.717) is 0 Å². The second-order valence-corrected chi connectivity index (χ2v) is 4.30. The number of alkyl halides is 1. The van der Waals surface area contributed by atoms with Crippen LogP contribution < -0.4 is 10.1 Å². The molecule has 0 fully saturated rings. The Kier molecular flexibility index (Phi) is 5.69. The predicted molar refractivity (Wildman–Crippen MR) is 67.0 cm³/mol. The highest BCUT2D eigenvalue weighted by Crippen LogP contribution is 2.25. The second-order valence-electron chi connectivity index (χ2n) is 3.89. The lowest BCUT2D eigenvalue weighted by Crippen LogP contribution is -2.47. The number of nitrogens with one attached hydrogen (secondary N) is 1. The minimum absolute atomic E-state index is 0.0371. The van der Waals surface area contributed by atoms with Gasteiger partial charge in [-0.15, -0.1) is 0 Å². The molecule has 110 valence electrons. The predicted octanol–water partition coefficient (Wildman–Crippen LogP) is 1.79. The lowest BCUT2D eigenvalue weighted by atomic mass is 10.3. The summed E-state index contributed by atoms with van der Waals surface area (Å²) in [6.45, 7) is 0.0806. The van der Waals surface area contributed by atoms with Crippen LogP contribution in [-0.4, -0.2) is 35.8 Å². The molecule has 0 heterocycles. The topological polar surface area (TPSA) is 75.6 Å². The average Bonchev–Trinajstić information content (AvgIpc) is 2.38. The van der Waals surface area contributed by atoms with Crippen LogP contribution in [-0.2, 0) is 9.59 Å². The Morgan fingerprint density at radius 2 is 2.15 bits per heavy atom. The standard InChI is InChI=1S/C12H12ClF2NO4/c1-6(11(17)16-9(5-14)12(18)19)20-10-3-2-7(15)4-8(10)13/h2-4,6,9H,5H2,1H3,(H,16,17)(H,18,19). The fraction of sp³-hybridized carbons (Fsp3) is 0.333. The summed E-state index contributed by atoms with van der Waals surface area (Å²) in [7, 11) is 0. The van der Waals surface area contributed by atoms with Crippen LogP contribution in [0, 0.1) is 5.82 Å². The quantitative estimate of drug-likeness (QED) is 0.840. The van der Waals surface area contributed by atoms with Crippen molar-refractivity contribution in [1.29, 1.82) is 0 Å². The van der Waals surface area contributed by atoms with Gasteiger partial charge < -0.3 is 15.2 Å². The molecule has 0 saturated carbocycles. The zero-order valence-corrected chi connectivity index (χ0v) is 11.2. The van der Waals surface area contributed by atoms with Gasteiger partial charge in [0.05, 0.1) is 5.02 Å². The van der Waals surface area contributed by atoms with E-state index in [4.69, 9.17) is 21.4 Å². The number of carboxylic acids is 1. The second kappa shape index (κ2) is 7.04. The zero-order valence-electron chi connectivity index (χ0n) is 10.4. The molecule has 0 aromatic heterocycles. The summed E-state index contributed by atoms with van der Waals surface area (Å²) in [6, 6.07) is 1.68. The largest absolute Gasteiger partial charge is 0.480 e. The maximum atomic E-state index is 12.8. The summed E-state index contributed by atoms with van der Waals surface area (Å²) in [5, 5.41) is 10.5. The maximum absolute atomic E-state index is 12.8. The Balaban J connectivity index is 2.68. The third kappa shape index (κ3) is 4.34. The summed E-state index contributed by atoms with van der Waals surface area (Å²) in [6.07, 6.45) is -1.12. The Morgan fingerprint density at radius 1 is 1.50 bits per heavy atom. The van der Waals surface area contributed by atoms with Crippen LogP contribution in [0.3, 0.4) is 0 Å². The van der Waals surface area contributed by atoms with E-state index in [1.165, 1.54) is 13.0 Å². The molecule has 1 rings (SSSR count). The highest BCUT2D eigenvalue weighted by atomic mass is 35.5. The van der Waals surface area contributed by atoms with Gasteiger partial charge in [0.15, 0.2) is 12.1 Å².